The molecule has 0 atom stereocenters. The summed E-state index contributed by atoms with van der Waals surface area (Å²) < 4.78 is 0. The Balaban J connectivity index is 1.46. The number of carbonyl (C=O) groups is 2. The van der Waals surface area contributed by atoms with Crippen molar-refractivity contribution >= 4 is 11.8 Å². The van der Waals surface area contributed by atoms with Gasteiger partial charge in [-0.05, 0) is 74.6 Å². The van der Waals surface area contributed by atoms with Crippen LogP contribution in [0.1, 0.15) is 59.2 Å². The van der Waals surface area contributed by atoms with Crippen molar-refractivity contribution in [3.05, 3.63) is 71.8 Å². The minimum atomic E-state index is -0.151. The van der Waals surface area contributed by atoms with Crippen LogP contribution in [0.4, 0.5) is 0 Å². The van der Waals surface area contributed by atoms with Crippen LogP contribution in [-0.2, 0) is 0 Å². The summed E-state index contributed by atoms with van der Waals surface area (Å²) in [4.78, 5) is 30.7. The van der Waals surface area contributed by atoms with Crippen LogP contribution in [0.15, 0.2) is 60.7 Å². The van der Waals surface area contributed by atoms with E-state index in [0.29, 0.717) is 11.8 Å². The molecule has 0 unspecified atom stereocenters. The molecule has 0 N–H and O–H groups in total. The molecule has 4 saturated carbocycles. The predicted octanol–water partition coefficient (Wildman–Crippen LogP) is 4.62. The van der Waals surface area contributed by atoms with Gasteiger partial charge < -0.3 is 9.80 Å². The third-order valence-electron chi connectivity index (χ3n) is 8.07. The summed E-state index contributed by atoms with van der Waals surface area (Å²) in [6.45, 7) is 0. The van der Waals surface area contributed by atoms with E-state index in [-0.39, 0.29) is 22.9 Å². The molecule has 4 heteroatoms. The Morgan fingerprint density at radius 2 is 1.07 bits per heavy atom. The summed E-state index contributed by atoms with van der Waals surface area (Å²) in [5, 5.41) is 0. The van der Waals surface area contributed by atoms with E-state index in [0.717, 1.165) is 43.2 Å². The van der Waals surface area contributed by atoms with E-state index in [1.807, 2.05) is 84.6 Å². The van der Waals surface area contributed by atoms with Gasteiger partial charge in [0.05, 0.1) is 0 Å². The maximum absolute atomic E-state index is 13.3. The molecular weight excluding hydrogens is 372 g/mol. The highest BCUT2D eigenvalue weighted by atomic mass is 16.2. The van der Waals surface area contributed by atoms with Gasteiger partial charge in [0.15, 0.2) is 0 Å². The number of hydrogen-bond donors (Lipinski definition) is 0. The summed E-state index contributed by atoms with van der Waals surface area (Å²) >= 11 is 0. The Hall–Kier alpha value is -2.62. The molecule has 0 radical (unpaired) electrons. The van der Waals surface area contributed by atoms with Crippen molar-refractivity contribution < 1.29 is 9.59 Å². The molecule has 30 heavy (non-hydrogen) atoms. The van der Waals surface area contributed by atoms with Gasteiger partial charge in [0, 0.05) is 36.3 Å². The lowest BCUT2D eigenvalue weighted by atomic mass is 9.49. The third kappa shape index (κ3) is 2.96. The maximum Gasteiger partial charge on any atom is 0.254 e. The first-order valence-electron chi connectivity index (χ1n) is 11.1. The number of amides is 2. The topological polar surface area (TPSA) is 40.6 Å². The Morgan fingerprint density at radius 3 is 1.43 bits per heavy atom. The molecule has 4 fully saturated rings. The highest BCUT2D eigenvalue weighted by Gasteiger charge is 2.61. The van der Waals surface area contributed by atoms with E-state index in [1.54, 1.807) is 0 Å². The molecular formula is C26H30N2O2. The third-order valence-corrected chi connectivity index (χ3v) is 8.07. The van der Waals surface area contributed by atoms with E-state index in [9.17, 15) is 9.59 Å². The summed E-state index contributed by atoms with van der Waals surface area (Å²) in [6, 6.07) is 19.2. The maximum atomic E-state index is 13.3. The lowest BCUT2D eigenvalue weighted by Crippen LogP contribution is -2.70. The number of carbonyl (C=O) groups excluding carboxylic acids is 2. The zero-order chi connectivity index (χ0) is 20.9. The minimum absolute atomic E-state index is 0.102. The Morgan fingerprint density at radius 1 is 0.700 bits per heavy atom. The molecule has 0 aliphatic heterocycles. The second kappa shape index (κ2) is 6.97. The molecule has 2 aromatic carbocycles. The molecule has 4 nitrogen and oxygen atoms in total. The first kappa shape index (κ1) is 19.3. The van der Waals surface area contributed by atoms with E-state index >= 15 is 0 Å². The van der Waals surface area contributed by atoms with Crippen LogP contribution < -0.4 is 0 Å². The van der Waals surface area contributed by atoms with Crippen molar-refractivity contribution in [1.82, 2.24) is 9.80 Å². The van der Waals surface area contributed by atoms with Crippen molar-refractivity contribution in [2.45, 2.75) is 49.6 Å². The molecule has 4 aliphatic rings. The van der Waals surface area contributed by atoms with Crippen LogP contribution in [-0.4, -0.2) is 46.8 Å². The molecule has 0 aromatic heterocycles. The van der Waals surface area contributed by atoms with E-state index < -0.39 is 0 Å². The van der Waals surface area contributed by atoms with Gasteiger partial charge in [-0.3, -0.25) is 9.59 Å². The van der Waals surface area contributed by atoms with Gasteiger partial charge in [0.25, 0.3) is 11.8 Å². The van der Waals surface area contributed by atoms with Gasteiger partial charge in [-0.15, -0.1) is 0 Å². The summed E-state index contributed by atoms with van der Waals surface area (Å²) in [5.41, 5.74) is 1.20. The van der Waals surface area contributed by atoms with Crippen molar-refractivity contribution in [2.75, 3.05) is 14.1 Å². The Bertz CT molecular complexity index is 866. The van der Waals surface area contributed by atoms with Crippen molar-refractivity contribution in [2.24, 2.45) is 11.8 Å². The van der Waals surface area contributed by atoms with Crippen LogP contribution in [0.2, 0.25) is 0 Å². The van der Waals surface area contributed by atoms with Gasteiger partial charge in [-0.25, -0.2) is 0 Å². The fraction of sp³-hybridized carbons (Fsp3) is 0.462. The smallest absolute Gasteiger partial charge is 0.254 e. The van der Waals surface area contributed by atoms with Crippen LogP contribution in [0.5, 0.6) is 0 Å². The Kier molecular flexibility index (Phi) is 4.49. The van der Waals surface area contributed by atoms with E-state index in [2.05, 4.69) is 0 Å². The molecule has 6 rings (SSSR count). The first-order chi connectivity index (χ1) is 14.4. The fourth-order valence-electron chi connectivity index (χ4n) is 6.93. The van der Waals surface area contributed by atoms with Crippen LogP contribution in [0.25, 0.3) is 0 Å². The van der Waals surface area contributed by atoms with Gasteiger partial charge in [-0.1, -0.05) is 36.4 Å². The monoisotopic (exact) mass is 402 g/mol. The second-order valence-corrected chi connectivity index (χ2v) is 9.87. The lowest BCUT2D eigenvalue weighted by Gasteiger charge is -2.66. The highest BCUT2D eigenvalue weighted by molar-refractivity contribution is 5.95. The zero-order valence-corrected chi connectivity index (χ0v) is 17.9. The first-order valence-corrected chi connectivity index (χ1v) is 11.1. The standard InChI is InChI=1S/C26H30N2O2/c1-27(23(29)21-9-5-3-6-10-21)25-14-19-13-20(15-25)17-26(16-19,18-25)28(2)24(30)22-11-7-4-8-12-22/h3-12,19-20H,13-18H2,1-2H3. The number of nitrogens with zero attached hydrogens (tertiary/aromatic N) is 2. The van der Waals surface area contributed by atoms with E-state index in [1.165, 1.54) is 6.42 Å². The van der Waals surface area contributed by atoms with Gasteiger partial charge in [-0.2, -0.15) is 0 Å². The molecule has 0 spiro atoms. The molecule has 4 aliphatic carbocycles. The van der Waals surface area contributed by atoms with E-state index in [4.69, 9.17) is 0 Å². The molecule has 0 heterocycles. The summed E-state index contributed by atoms with van der Waals surface area (Å²) in [7, 11) is 3.96. The van der Waals surface area contributed by atoms with Gasteiger partial charge >= 0.3 is 0 Å². The van der Waals surface area contributed by atoms with Crippen molar-refractivity contribution in [3.8, 4) is 0 Å². The van der Waals surface area contributed by atoms with Crippen LogP contribution in [0.3, 0.4) is 0 Å². The fourth-order valence-corrected chi connectivity index (χ4v) is 6.93. The SMILES string of the molecule is CN(C(=O)c1ccccc1)C12CC3CC(C1)CC(N(C)C(=O)c1ccccc1)(C3)C2. The minimum Gasteiger partial charge on any atom is -0.336 e. The number of hydrogen-bond acceptors (Lipinski definition) is 2. The quantitative estimate of drug-likeness (QED) is 0.749. The lowest BCUT2D eigenvalue weighted by molar-refractivity contribution is -0.118. The average molecular weight is 403 g/mol. The molecule has 156 valence electrons. The molecule has 4 bridgehead atoms. The number of benzene rings is 2. The van der Waals surface area contributed by atoms with Crippen LogP contribution in [0, 0.1) is 11.8 Å². The van der Waals surface area contributed by atoms with Gasteiger partial charge in [0.1, 0.15) is 0 Å². The molecule has 0 saturated heterocycles. The predicted molar refractivity (Wildman–Crippen MR) is 117 cm³/mol. The Labute approximate surface area is 178 Å². The molecule has 2 aromatic rings. The summed E-state index contributed by atoms with van der Waals surface area (Å²) in [5.74, 6) is 1.38. The van der Waals surface area contributed by atoms with Crippen molar-refractivity contribution in [1.29, 1.82) is 0 Å². The zero-order valence-electron chi connectivity index (χ0n) is 17.9. The second-order valence-electron chi connectivity index (χ2n) is 9.87. The normalized spacial score (nSPS) is 31.4. The molecule has 2 amide bonds. The van der Waals surface area contributed by atoms with Crippen LogP contribution >= 0.6 is 0 Å². The van der Waals surface area contributed by atoms with Crippen molar-refractivity contribution in [3.63, 3.8) is 0 Å². The summed E-state index contributed by atoms with van der Waals surface area (Å²) in [6.07, 6.45) is 6.38. The average Bonchev–Trinajstić information content (AvgIpc) is 2.77. The largest absolute Gasteiger partial charge is 0.336 e. The highest BCUT2D eigenvalue weighted by Crippen LogP contribution is 2.61. The van der Waals surface area contributed by atoms with Gasteiger partial charge in [0.2, 0.25) is 0 Å². The number of rotatable bonds is 4.